The van der Waals surface area contributed by atoms with Crippen LogP contribution in [0, 0.1) is 0 Å². The van der Waals surface area contributed by atoms with Crippen LogP contribution in [-0.2, 0) is 5.75 Å². The first-order valence-electron chi connectivity index (χ1n) is 10.1. The standard InChI is InChI=1S/C23H25N5OS/c29-22(21-10-8-20(9-11-21)17-30-23-24-18-25-26-23)28-15-13-27(14-16-28)12-4-7-19-5-2-1-3-6-19/h1-11,18H,12-17H2,(H,24,25,26)/b7-4+. The average Bonchev–Trinajstić information content (AvgIpc) is 3.33. The number of benzene rings is 2. The molecule has 0 aliphatic carbocycles. The van der Waals surface area contributed by atoms with Gasteiger partial charge in [0.25, 0.3) is 5.91 Å². The van der Waals surface area contributed by atoms with Crippen LogP contribution in [0.4, 0.5) is 0 Å². The van der Waals surface area contributed by atoms with Crippen molar-refractivity contribution in [3.63, 3.8) is 0 Å². The molecule has 1 amide bonds. The molecule has 0 atom stereocenters. The van der Waals surface area contributed by atoms with Crippen LogP contribution in [0.5, 0.6) is 0 Å². The Labute approximate surface area is 181 Å². The third kappa shape index (κ3) is 5.58. The van der Waals surface area contributed by atoms with Gasteiger partial charge in [-0.25, -0.2) is 4.98 Å². The predicted molar refractivity (Wildman–Crippen MR) is 120 cm³/mol. The Morgan fingerprint density at radius 1 is 1.03 bits per heavy atom. The summed E-state index contributed by atoms with van der Waals surface area (Å²) in [6, 6.07) is 18.2. The Balaban J connectivity index is 1.23. The van der Waals surface area contributed by atoms with E-state index < -0.39 is 0 Å². The number of piperazine rings is 1. The lowest BCUT2D eigenvalue weighted by atomic mass is 10.1. The van der Waals surface area contributed by atoms with Gasteiger partial charge in [0.05, 0.1) is 0 Å². The number of aromatic nitrogens is 3. The number of H-pyrrole nitrogens is 1. The highest BCUT2D eigenvalue weighted by Crippen LogP contribution is 2.19. The van der Waals surface area contributed by atoms with Crippen LogP contribution in [0.3, 0.4) is 0 Å². The minimum absolute atomic E-state index is 0.115. The van der Waals surface area contributed by atoms with E-state index in [1.165, 1.54) is 11.9 Å². The fourth-order valence-electron chi connectivity index (χ4n) is 3.38. The van der Waals surface area contributed by atoms with Crippen molar-refractivity contribution < 1.29 is 4.79 Å². The quantitative estimate of drug-likeness (QED) is 0.593. The maximum absolute atomic E-state index is 12.8. The molecule has 1 aromatic heterocycles. The van der Waals surface area contributed by atoms with Crippen molar-refractivity contribution in [2.45, 2.75) is 10.9 Å². The highest BCUT2D eigenvalue weighted by atomic mass is 32.2. The van der Waals surface area contributed by atoms with Crippen molar-refractivity contribution in [1.29, 1.82) is 0 Å². The first-order valence-corrected chi connectivity index (χ1v) is 11.1. The molecule has 154 valence electrons. The van der Waals surface area contributed by atoms with Gasteiger partial charge < -0.3 is 4.90 Å². The molecule has 0 radical (unpaired) electrons. The zero-order valence-electron chi connectivity index (χ0n) is 16.8. The van der Waals surface area contributed by atoms with E-state index in [2.05, 4.69) is 44.4 Å². The van der Waals surface area contributed by atoms with Crippen LogP contribution >= 0.6 is 11.8 Å². The van der Waals surface area contributed by atoms with Crippen molar-refractivity contribution in [3.8, 4) is 0 Å². The summed E-state index contributed by atoms with van der Waals surface area (Å²) in [7, 11) is 0. The maximum atomic E-state index is 12.8. The van der Waals surface area contributed by atoms with E-state index >= 15 is 0 Å². The molecule has 0 unspecified atom stereocenters. The number of nitrogens with one attached hydrogen (secondary N) is 1. The van der Waals surface area contributed by atoms with E-state index in [4.69, 9.17) is 0 Å². The molecule has 0 saturated carbocycles. The monoisotopic (exact) mass is 419 g/mol. The molecule has 1 N–H and O–H groups in total. The Kier molecular flexibility index (Phi) is 6.95. The zero-order valence-corrected chi connectivity index (χ0v) is 17.6. The highest BCUT2D eigenvalue weighted by Gasteiger charge is 2.21. The van der Waals surface area contributed by atoms with E-state index in [1.807, 2.05) is 47.4 Å². The van der Waals surface area contributed by atoms with Crippen LogP contribution in [0.1, 0.15) is 21.5 Å². The molecule has 1 aliphatic heterocycles. The third-order valence-electron chi connectivity index (χ3n) is 5.10. The highest BCUT2D eigenvalue weighted by molar-refractivity contribution is 7.98. The lowest BCUT2D eigenvalue weighted by molar-refractivity contribution is 0.0650. The Morgan fingerprint density at radius 2 is 1.80 bits per heavy atom. The topological polar surface area (TPSA) is 65.1 Å². The number of hydrogen-bond donors (Lipinski definition) is 1. The normalized spacial score (nSPS) is 15.0. The molecule has 0 bridgehead atoms. The first kappa shape index (κ1) is 20.4. The van der Waals surface area contributed by atoms with E-state index in [9.17, 15) is 4.79 Å². The summed E-state index contributed by atoms with van der Waals surface area (Å²) in [4.78, 5) is 21.3. The van der Waals surface area contributed by atoms with Gasteiger partial charge in [-0.1, -0.05) is 66.4 Å². The van der Waals surface area contributed by atoms with Gasteiger partial charge in [-0.3, -0.25) is 14.8 Å². The van der Waals surface area contributed by atoms with Gasteiger partial charge in [0.1, 0.15) is 6.33 Å². The second-order valence-corrected chi connectivity index (χ2v) is 8.15. The lowest BCUT2D eigenvalue weighted by Gasteiger charge is -2.34. The van der Waals surface area contributed by atoms with E-state index in [0.717, 1.165) is 54.8 Å². The largest absolute Gasteiger partial charge is 0.336 e. The number of nitrogens with zero attached hydrogens (tertiary/aromatic N) is 4. The smallest absolute Gasteiger partial charge is 0.253 e. The van der Waals surface area contributed by atoms with Crippen molar-refractivity contribution in [3.05, 3.63) is 83.7 Å². The number of rotatable bonds is 7. The van der Waals surface area contributed by atoms with Crippen LogP contribution < -0.4 is 0 Å². The number of hydrogen-bond acceptors (Lipinski definition) is 5. The van der Waals surface area contributed by atoms with Crippen LogP contribution in [-0.4, -0.2) is 63.6 Å². The summed E-state index contributed by atoms with van der Waals surface area (Å²) >= 11 is 1.59. The van der Waals surface area contributed by atoms with E-state index in [-0.39, 0.29) is 5.91 Å². The molecule has 6 nitrogen and oxygen atoms in total. The van der Waals surface area contributed by atoms with Gasteiger partial charge >= 0.3 is 0 Å². The summed E-state index contributed by atoms with van der Waals surface area (Å²) in [6.45, 7) is 4.24. The second-order valence-electron chi connectivity index (χ2n) is 7.18. The van der Waals surface area contributed by atoms with Crippen molar-refractivity contribution >= 4 is 23.7 Å². The van der Waals surface area contributed by atoms with Gasteiger partial charge in [-0.05, 0) is 23.3 Å². The number of carbonyl (C=O) groups is 1. The zero-order chi connectivity index (χ0) is 20.6. The minimum Gasteiger partial charge on any atom is -0.336 e. The van der Waals surface area contributed by atoms with Crippen LogP contribution in [0.2, 0.25) is 0 Å². The molecule has 2 heterocycles. The summed E-state index contributed by atoms with van der Waals surface area (Å²) in [6.07, 6.45) is 5.85. The summed E-state index contributed by atoms with van der Waals surface area (Å²) in [5.41, 5.74) is 3.12. The molecule has 1 aliphatic rings. The van der Waals surface area contributed by atoms with E-state index in [0.29, 0.717) is 0 Å². The Morgan fingerprint density at radius 3 is 2.50 bits per heavy atom. The number of aromatic amines is 1. The molecule has 30 heavy (non-hydrogen) atoms. The third-order valence-corrected chi connectivity index (χ3v) is 6.05. The molecule has 3 aromatic rings. The predicted octanol–water partition coefficient (Wildman–Crippen LogP) is 3.57. The van der Waals surface area contributed by atoms with E-state index in [1.54, 1.807) is 11.8 Å². The van der Waals surface area contributed by atoms with Crippen molar-refractivity contribution in [2.24, 2.45) is 0 Å². The number of carbonyl (C=O) groups excluding carboxylic acids is 1. The van der Waals surface area contributed by atoms with Gasteiger partial charge in [0.15, 0.2) is 5.16 Å². The molecule has 1 fully saturated rings. The number of thioether (sulfide) groups is 1. The first-order chi connectivity index (χ1) is 14.8. The molecule has 0 spiro atoms. The molecule has 4 rings (SSSR count). The van der Waals surface area contributed by atoms with Crippen LogP contribution in [0.25, 0.3) is 6.08 Å². The second kappa shape index (κ2) is 10.2. The summed E-state index contributed by atoms with van der Waals surface area (Å²) < 4.78 is 0. The fourth-order valence-corrected chi connectivity index (χ4v) is 4.11. The molecular formula is C23H25N5OS. The van der Waals surface area contributed by atoms with Crippen LogP contribution in [0.15, 0.2) is 72.2 Å². The molecule has 7 heteroatoms. The van der Waals surface area contributed by atoms with Gasteiger partial charge in [-0.15, -0.1) is 0 Å². The SMILES string of the molecule is O=C(c1ccc(CSc2ncn[nH]2)cc1)N1CCN(C/C=C/c2ccccc2)CC1. The van der Waals surface area contributed by atoms with Crippen molar-refractivity contribution in [2.75, 3.05) is 32.7 Å². The Bertz CT molecular complexity index is 949. The summed E-state index contributed by atoms with van der Waals surface area (Å²) in [5, 5.41) is 7.48. The van der Waals surface area contributed by atoms with Crippen molar-refractivity contribution in [1.82, 2.24) is 25.0 Å². The molecular weight excluding hydrogens is 394 g/mol. The van der Waals surface area contributed by atoms with Gasteiger partial charge in [-0.2, -0.15) is 5.10 Å². The fraction of sp³-hybridized carbons (Fsp3) is 0.261. The maximum Gasteiger partial charge on any atom is 0.253 e. The molecule has 2 aromatic carbocycles. The Hall–Kier alpha value is -2.90. The lowest BCUT2D eigenvalue weighted by Crippen LogP contribution is -2.48. The molecule has 1 saturated heterocycles. The average molecular weight is 420 g/mol. The summed E-state index contributed by atoms with van der Waals surface area (Å²) in [5.74, 6) is 0.905. The number of amides is 1. The van der Waals surface area contributed by atoms with Gasteiger partial charge in [0, 0.05) is 44.0 Å². The van der Waals surface area contributed by atoms with Gasteiger partial charge in [0.2, 0.25) is 0 Å². The minimum atomic E-state index is 0.115.